The molecule has 3 N–H and O–H groups in total. The number of likely N-dealkylation sites (tertiary alicyclic amines) is 1. The van der Waals surface area contributed by atoms with Gasteiger partial charge in [-0.2, -0.15) is 0 Å². The zero-order valence-electron chi connectivity index (χ0n) is 18.7. The van der Waals surface area contributed by atoms with Crippen molar-refractivity contribution < 1.29 is 24.2 Å². The first-order valence-corrected chi connectivity index (χ1v) is 10.7. The van der Waals surface area contributed by atoms with E-state index in [4.69, 9.17) is 4.74 Å². The Balaban J connectivity index is 1.49. The number of carbonyl (C=O) groups excluding carboxylic acids is 3. The minimum absolute atomic E-state index is 0.141. The van der Waals surface area contributed by atoms with E-state index in [0.717, 1.165) is 5.69 Å². The van der Waals surface area contributed by atoms with E-state index in [-0.39, 0.29) is 23.9 Å². The minimum atomic E-state index is -0.715. The molecule has 1 aromatic carbocycles. The van der Waals surface area contributed by atoms with E-state index in [1.165, 1.54) is 4.90 Å². The molecular weight excluding hydrogens is 426 g/mol. The highest BCUT2D eigenvalue weighted by Gasteiger charge is 2.43. The highest BCUT2D eigenvalue weighted by atomic mass is 16.6. The van der Waals surface area contributed by atoms with Gasteiger partial charge in [-0.1, -0.05) is 0 Å². The quantitative estimate of drug-likeness (QED) is 0.613. The topological polar surface area (TPSA) is 126 Å². The van der Waals surface area contributed by atoms with Crippen LogP contribution in [0.2, 0.25) is 0 Å². The van der Waals surface area contributed by atoms with E-state index < -0.39 is 29.4 Å². The van der Waals surface area contributed by atoms with Gasteiger partial charge in [0.15, 0.2) is 0 Å². The average molecular weight is 453 g/mol. The summed E-state index contributed by atoms with van der Waals surface area (Å²) in [6.07, 6.45) is 5.07. The van der Waals surface area contributed by atoms with E-state index in [1.54, 1.807) is 63.8 Å². The van der Waals surface area contributed by atoms with Gasteiger partial charge in [0.2, 0.25) is 0 Å². The van der Waals surface area contributed by atoms with Crippen molar-refractivity contribution in [3.63, 3.8) is 0 Å². The first-order valence-electron chi connectivity index (χ1n) is 10.7. The molecule has 4 rings (SSSR count). The molecule has 10 heteroatoms. The third-order valence-corrected chi connectivity index (χ3v) is 5.57. The summed E-state index contributed by atoms with van der Waals surface area (Å²) < 4.78 is 7.23. The van der Waals surface area contributed by atoms with Crippen LogP contribution >= 0.6 is 0 Å². The molecular formula is C23H27N5O5. The molecule has 174 valence electrons. The zero-order valence-corrected chi connectivity index (χ0v) is 18.7. The van der Waals surface area contributed by atoms with Gasteiger partial charge in [0, 0.05) is 42.9 Å². The van der Waals surface area contributed by atoms with Crippen molar-refractivity contribution in [2.45, 2.75) is 38.8 Å². The maximum absolute atomic E-state index is 12.9. The summed E-state index contributed by atoms with van der Waals surface area (Å²) in [5, 5.41) is 16.3. The number of hydrogen-bond acceptors (Lipinski definition) is 6. The van der Waals surface area contributed by atoms with Crippen LogP contribution in [0, 0.1) is 5.92 Å². The van der Waals surface area contributed by atoms with Crippen LogP contribution in [0.4, 0.5) is 10.5 Å². The van der Waals surface area contributed by atoms with Crippen LogP contribution in [0.15, 0.2) is 54.3 Å². The number of benzene rings is 1. The van der Waals surface area contributed by atoms with Crippen LogP contribution in [0.25, 0.3) is 5.69 Å². The number of aliphatic hydroxyl groups is 1. The van der Waals surface area contributed by atoms with Crippen molar-refractivity contribution >= 4 is 23.6 Å². The van der Waals surface area contributed by atoms with Gasteiger partial charge in [0.25, 0.3) is 11.8 Å². The first-order chi connectivity index (χ1) is 15.6. The fourth-order valence-corrected chi connectivity index (χ4v) is 3.98. The summed E-state index contributed by atoms with van der Waals surface area (Å²) in [6, 6.07) is 6.62. The number of amides is 3. The fraction of sp³-hybridized carbons (Fsp3) is 0.391. The summed E-state index contributed by atoms with van der Waals surface area (Å²) in [7, 11) is 0. The summed E-state index contributed by atoms with van der Waals surface area (Å²) in [5.74, 6) is -2.25. The number of carbonyl (C=O) groups is 3. The highest BCUT2D eigenvalue weighted by molar-refractivity contribution is 6.23. The Hall–Kier alpha value is -3.82. The summed E-state index contributed by atoms with van der Waals surface area (Å²) in [4.78, 5) is 43.4. The van der Waals surface area contributed by atoms with Crippen molar-refractivity contribution in [2.75, 3.05) is 18.4 Å². The van der Waals surface area contributed by atoms with Gasteiger partial charge in [-0.15, -0.1) is 0 Å². The molecule has 33 heavy (non-hydrogen) atoms. The summed E-state index contributed by atoms with van der Waals surface area (Å²) in [5.41, 5.74) is 0.333. The number of aromatic nitrogens is 2. The number of aliphatic hydroxyl groups excluding tert-OH is 1. The normalized spacial score (nSPS) is 20.7. The van der Waals surface area contributed by atoms with Crippen molar-refractivity contribution in [3.05, 3.63) is 54.3 Å². The molecule has 0 saturated carbocycles. The summed E-state index contributed by atoms with van der Waals surface area (Å²) >= 11 is 0. The van der Waals surface area contributed by atoms with Crippen molar-refractivity contribution in [2.24, 2.45) is 5.92 Å². The molecule has 3 amide bonds. The number of ether oxygens (including phenoxy) is 1. The maximum Gasteiger partial charge on any atom is 0.410 e. The molecule has 0 radical (unpaired) electrons. The molecule has 2 aliphatic rings. The van der Waals surface area contributed by atoms with Crippen molar-refractivity contribution in [3.8, 4) is 5.69 Å². The second-order valence-electron chi connectivity index (χ2n) is 9.13. The number of hydrogen-bond donors (Lipinski definition) is 3. The first kappa shape index (κ1) is 22.4. The monoisotopic (exact) mass is 453 g/mol. The lowest BCUT2D eigenvalue weighted by Crippen LogP contribution is -2.57. The molecule has 2 unspecified atom stereocenters. The predicted molar refractivity (Wildman–Crippen MR) is 120 cm³/mol. The van der Waals surface area contributed by atoms with Crippen LogP contribution in [0.5, 0.6) is 0 Å². The lowest BCUT2D eigenvalue weighted by molar-refractivity contribution is -0.124. The molecule has 0 spiro atoms. The Bertz CT molecular complexity index is 1090. The Kier molecular flexibility index (Phi) is 5.84. The molecule has 3 heterocycles. The Morgan fingerprint density at radius 3 is 2.61 bits per heavy atom. The molecule has 2 aliphatic heterocycles. The third kappa shape index (κ3) is 4.84. The van der Waals surface area contributed by atoms with Crippen molar-refractivity contribution in [1.29, 1.82) is 0 Å². The Labute approximate surface area is 191 Å². The van der Waals surface area contributed by atoms with Gasteiger partial charge in [-0.05, 0) is 51.5 Å². The minimum Gasteiger partial charge on any atom is -0.511 e. The van der Waals surface area contributed by atoms with E-state index in [2.05, 4.69) is 15.6 Å². The number of anilines is 1. The number of rotatable bonds is 3. The second-order valence-corrected chi connectivity index (χ2v) is 9.13. The molecule has 1 aromatic heterocycles. The van der Waals surface area contributed by atoms with E-state index in [9.17, 15) is 19.5 Å². The van der Waals surface area contributed by atoms with Gasteiger partial charge in [-0.3, -0.25) is 9.59 Å². The molecule has 2 aromatic rings. The molecule has 2 atom stereocenters. The largest absolute Gasteiger partial charge is 0.511 e. The standard InChI is InChI=1S/C23H27N5O5/c1-23(2,3)33-22(32)27-10-8-17-16(12-27)19(29)18(21(31)26-17)20(30)25-14-4-6-15(7-5-14)28-11-9-24-13-28/h4-7,9,11,13,16-17,29H,8,10,12H2,1-3H3,(H,25,30)(H,26,31). The van der Waals surface area contributed by atoms with E-state index >= 15 is 0 Å². The number of nitrogens with zero attached hydrogens (tertiary/aromatic N) is 3. The molecule has 0 aliphatic carbocycles. The Morgan fingerprint density at radius 1 is 1.24 bits per heavy atom. The van der Waals surface area contributed by atoms with Crippen LogP contribution in [0.3, 0.4) is 0 Å². The number of imidazole rings is 1. The average Bonchev–Trinajstić information content (AvgIpc) is 3.28. The van der Waals surface area contributed by atoms with Gasteiger partial charge in [0.05, 0.1) is 12.2 Å². The predicted octanol–water partition coefficient (Wildman–Crippen LogP) is 2.38. The van der Waals surface area contributed by atoms with Crippen LogP contribution < -0.4 is 10.6 Å². The van der Waals surface area contributed by atoms with Gasteiger partial charge < -0.3 is 29.9 Å². The molecule has 1 saturated heterocycles. The zero-order chi connectivity index (χ0) is 23.8. The van der Waals surface area contributed by atoms with Gasteiger partial charge in [0.1, 0.15) is 16.9 Å². The SMILES string of the molecule is CC(C)(C)OC(=O)N1CCC2NC(=O)C(C(=O)Nc3ccc(-n4ccnc4)cc3)=C(O)C2C1. The molecule has 1 fully saturated rings. The Morgan fingerprint density at radius 2 is 1.97 bits per heavy atom. The van der Waals surface area contributed by atoms with Gasteiger partial charge >= 0.3 is 6.09 Å². The highest BCUT2D eigenvalue weighted by Crippen LogP contribution is 2.30. The number of fused-ring (bicyclic) bond motifs is 1. The lowest BCUT2D eigenvalue weighted by Gasteiger charge is -2.41. The van der Waals surface area contributed by atoms with E-state index in [0.29, 0.717) is 18.7 Å². The van der Waals surface area contributed by atoms with Crippen LogP contribution in [-0.4, -0.2) is 62.2 Å². The third-order valence-electron chi connectivity index (χ3n) is 5.57. The number of piperidine rings is 1. The second kappa shape index (κ2) is 8.61. The smallest absolute Gasteiger partial charge is 0.410 e. The van der Waals surface area contributed by atoms with E-state index in [1.807, 2.05) is 4.57 Å². The molecule has 10 nitrogen and oxygen atoms in total. The van der Waals surface area contributed by atoms with Crippen LogP contribution in [0.1, 0.15) is 27.2 Å². The molecule has 0 bridgehead atoms. The number of nitrogens with one attached hydrogen (secondary N) is 2. The van der Waals surface area contributed by atoms with Crippen molar-refractivity contribution in [1.82, 2.24) is 19.8 Å². The maximum atomic E-state index is 12.9. The van der Waals surface area contributed by atoms with Gasteiger partial charge in [-0.25, -0.2) is 9.78 Å². The fourth-order valence-electron chi connectivity index (χ4n) is 3.98. The van der Waals surface area contributed by atoms with Crippen LogP contribution in [-0.2, 0) is 14.3 Å². The lowest BCUT2D eigenvalue weighted by atomic mass is 9.85. The summed E-state index contributed by atoms with van der Waals surface area (Å²) in [6.45, 7) is 5.86.